The molecule has 0 fully saturated rings. The Morgan fingerprint density at radius 3 is 2.84 bits per heavy atom. The van der Waals surface area contributed by atoms with Gasteiger partial charge in [-0.05, 0) is 29.3 Å². The number of hydrogen-bond acceptors (Lipinski definition) is 5. The van der Waals surface area contributed by atoms with E-state index >= 15 is 0 Å². The van der Waals surface area contributed by atoms with Crippen molar-refractivity contribution >= 4 is 11.8 Å². The molecule has 19 heavy (non-hydrogen) atoms. The van der Waals surface area contributed by atoms with Crippen LogP contribution < -0.4 is 5.32 Å². The zero-order chi connectivity index (χ0) is 13.9. The summed E-state index contributed by atoms with van der Waals surface area (Å²) in [6.45, 7) is 9.46. The molecule has 1 N–H and O–H groups in total. The van der Waals surface area contributed by atoms with Crippen LogP contribution in [0.5, 0.6) is 0 Å². The van der Waals surface area contributed by atoms with Crippen LogP contribution in [0.25, 0.3) is 0 Å². The zero-order valence-electron chi connectivity index (χ0n) is 12.4. The second-order valence-electron chi connectivity index (χ2n) is 5.19. The molecule has 0 amide bonds. The molecule has 0 atom stereocenters. The molecule has 0 spiro atoms. The summed E-state index contributed by atoms with van der Waals surface area (Å²) in [6, 6.07) is 0. The summed E-state index contributed by atoms with van der Waals surface area (Å²) >= 11 is 1.77. The monoisotopic (exact) mass is 285 g/mol. The first-order valence-corrected chi connectivity index (χ1v) is 8.32. The summed E-state index contributed by atoms with van der Waals surface area (Å²) in [5.41, 5.74) is 0. The third-order valence-corrected chi connectivity index (χ3v) is 3.82. The number of unbranched alkanes of at least 4 members (excludes halogenated alkanes) is 3. The van der Waals surface area contributed by atoms with E-state index in [4.69, 9.17) is 0 Å². The van der Waals surface area contributed by atoms with Gasteiger partial charge in [0.15, 0.2) is 0 Å². The van der Waals surface area contributed by atoms with Crippen LogP contribution in [-0.4, -0.2) is 39.0 Å². The van der Waals surface area contributed by atoms with E-state index in [1.807, 2.05) is 4.68 Å². The Morgan fingerprint density at radius 2 is 2.11 bits per heavy atom. The smallest absolute Gasteiger partial charge is 0.209 e. The quantitative estimate of drug-likeness (QED) is 0.500. The molecule has 0 aromatic carbocycles. The average Bonchev–Trinajstić information content (AvgIpc) is 2.82. The molecule has 1 aromatic rings. The van der Waals surface area contributed by atoms with E-state index in [2.05, 4.69) is 41.6 Å². The third kappa shape index (κ3) is 7.52. The first-order valence-electron chi connectivity index (χ1n) is 7.33. The highest BCUT2D eigenvalue weighted by Crippen LogP contribution is 2.16. The summed E-state index contributed by atoms with van der Waals surface area (Å²) in [5, 5.41) is 16.2. The van der Waals surface area contributed by atoms with Gasteiger partial charge in [-0.15, -0.1) is 5.10 Å². The van der Waals surface area contributed by atoms with Crippen LogP contribution in [0.1, 0.15) is 46.5 Å². The Hall–Kier alpha value is -0.620. The fourth-order valence-electron chi connectivity index (χ4n) is 1.71. The molecule has 1 rings (SSSR count). The van der Waals surface area contributed by atoms with Crippen molar-refractivity contribution in [2.75, 3.05) is 18.8 Å². The SMILES string of the molecule is CCCCCCSc1nnnn1CCNCC(C)C. The van der Waals surface area contributed by atoms with E-state index < -0.39 is 0 Å². The molecule has 0 aliphatic heterocycles. The lowest BCUT2D eigenvalue weighted by Gasteiger charge is -2.08. The van der Waals surface area contributed by atoms with Gasteiger partial charge >= 0.3 is 0 Å². The summed E-state index contributed by atoms with van der Waals surface area (Å²) < 4.78 is 1.90. The molecule has 0 aliphatic carbocycles. The Bertz CT molecular complexity index is 327. The number of nitrogens with one attached hydrogen (secondary N) is 1. The first kappa shape index (κ1) is 16.4. The van der Waals surface area contributed by atoms with Crippen molar-refractivity contribution < 1.29 is 0 Å². The number of rotatable bonds is 11. The fourth-order valence-corrected chi connectivity index (χ4v) is 2.61. The van der Waals surface area contributed by atoms with Gasteiger partial charge in [-0.2, -0.15) is 0 Å². The molecule has 6 heteroatoms. The minimum absolute atomic E-state index is 0.682. The predicted octanol–water partition coefficient (Wildman–Crippen LogP) is 2.59. The van der Waals surface area contributed by atoms with E-state index in [9.17, 15) is 0 Å². The van der Waals surface area contributed by atoms with Crippen LogP contribution in [0.15, 0.2) is 5.16 Å². The molecule has 0 saturated carbocycles. The summed E-state index contributed by atoms with van der Waals surface area (Å²) in [7, 11) is 0. The van der Waals surface area contributed by atoms with Gasteiger partial charge in [-0.3, -0.25) is 0 Å². The minimum Gasteiger partial charge on any atom is -0.315 e. The van der Waals surface area contributed by atoms with Crippen molar-refractivity contribution in [2.45, 2.75) is 58.2 Å². The van der Waals surface area contributed by atoms with Gasteiger partial charge in [0.1, 0.15) is 0 Å². The maximum atomic E-state index is 4.08. The van der Waals surface area contributed by atoms with Crippen molar-refractivity contribution in [2.24, 2.45) is 5.92 Å². The Kier molecular flexibility index (Phi) is 8.82. The van der Waals surface area contributed by atoms with Gasteiger partial charge in [0.25, 0.3) is 0 Å². The van der Waals surface area contributed by atoms with Gasteiger partial charge in [-0.1, -0.05) is 51.8 Å². The Labute approximate surface area is 120 Å². The Balaban J connectivity index is 2.18. The van der Waals surface area contributed by atoms with Gasteiger partial charge in [0.2, 0.25) is 5.16 Å². The van der Waals surface area contributed by atoms with Crippen LogP contribution in [-0.2, 0) is 6.54 Å². The van der Waals surface area contributed by atoms with E-state index in [1.165, 1.54) is 25.7 Å². The van der Waals surface area contributed by atoms with Crippen molar-refractivity contribution in [1.82, 2.24) is 25.5 Å². The third-order valence-electron chi connectivity index (χ3n) is 2.78. The molecule has 1 aromatic heterocycles. The fraction of sp³-hybridized carbons (Fsp3) is 0.923. The standard InChI is InChI=1S/C13H27N5S/c1-4-5-6-7-10-19-13-15-16-17-18(13)9-8-14-11-12(2)3/h12,14H,4-11H2,1-3H3. The van der Waals surface area contributed by atoms with Crippen LogP contribution in [0, 0.1) is 5.92 Å². The van der Waals surface area contributed by atoms with E-state index in [-0.39, 0.29) is 0 Å². The van der Waals surface area contributed by atoms with Crippen LogP contribution in [0.2, 0.25) is 0 Å². The molecule has 0 aliphatic rings. The van der Waals surface area contributed by atoms with Gasteiger partial charge in [0.05, 0.1) is 6.54 Å². The summed E-state index contributed by atoms with van der Waals surface area (Å²) in [5.74, 6) is 1.79. The summed E-state index contributed by atoms with van der Waals surface area (Å²) in [4.78, 5) is 0. The maximum absolute atomic E-state index is 4.08. The normalized spacial score (nSPS) is 11.4. The lowest BCUT2D eigenvalue weighted by Crippen LogP contribution is -2.24. The number of tetrazole rings is 1. The Morgan fingerprint density at radius 1 is 1.26 bits per heavy atom. The number of hydrogen-bond donors (Lipinski definition) is 1. The maximum Gasteiger partial charge on any atom is 0.209 e. The molecular weight excluding hydrogens is 258 g/mol. The topological polar surface area (TPSA) is 55.6 Å². The highest BCUT2D eigenvalue weighted by atomic mass is 32.2. The lowest BCUT2D eigenvalue weighted by molar-refractivity contribution is 0.482. The van der Waals surface area contributed by atoms with Crippen molar-refractivity contribution in [1.29, 1.82) is 0 Å². The lowest BCUT2D eigenvalue weighted by atomic mass is 10.2. The van der Waals surface area contributed by atoms with Gasteiger partial charge in [-0.25, -0.2) is 4.68 Å². The molecule has 0 radical (unpaired) electrons. The van der Waals surface area contributed by atoms with Crippen LogP contribution >= 0.6 is 11.8 Å². The molecule has 110 valence electrons. The average molecular weight is 285 g/mol. The van der Waals surface area contributed by atoms with Crippen molar-refractivity contribution in [3.05, 3.63) is 0 Å². The second kappa shape index (κ2) is 10.2. The first-order chi connectivity index (χ1) is 9.24. The predicted molar refractivity (Wildman–Crippen MR) is 80.4 cm³/mol. The number of nitrogens with zero attached hydrogens (tertiary/aromatic N) is 4. The van der Waals surface area contributed by atoms with Crippen molar-refractivity contribution in [3.63, 3.8) is 0 Å². The molecule has 0 saturated heterocycles. The largest absolute Gasteiger partial charge is 0.315 e. The van der Waals surface area contributed by atoms with Gasteiger partial charge in [0, 0.05) is 12.3 Å². The second-order valence-corrected chi connectivity index (χ2v) is 6.25. The number of aromatic nitrogens is 4. The van der Waals surface area contributed by atoms with Gasteiger partial charge < -0.3 is 5.32 Å². The zero-order valence-corrected chi connectivity index (χ0v) is 13.2. The highest BCUT2D eigenvalue weighted by molar-refractivity contribution is 7.99. The molecule has 0 unspecified atom stereocenters. The van der Waals surface area contributed by atoms with E-state index in [1.54, 1.807) is 11.8 Å². The molecular formula is C13H27N5S. The number of thioether (sulfide) groups is 1. The van der Waals surface area contributed by atoms with Crippen LogP contribution in [0.4, 0.5) is 0 Å². The molecule has 1 heterocycles. The molecule has 5 nitrogen and oxygen atoms in total. The van der Waals surface area contributed by atoms with Crippen molar-refractivity contribution in [3.8, 4) is 0 Å². The molecule has 0 bridgehead atoms. The van der Waals surface area contributed by atoms with E-state index in [0.717, 1.165) is 30.5 Å². The highest BCUT2D eigenvalue weighted by Gasteiger charge is 2.06. The minimum atomic E-state index is 0.682. The van der Waals surface area contributed by atoms with Crippen LogP contribution in [0.3, 0.4) is 0 Å². The van der Waals surface area contributed by atoms with E-state index in [0.29, 0.717) is 5.92 Å². The summed E-state index contributed by atoms with van der Waals surface area (Å²) in [6.07, 6.45) is 5.16.